The van der Waals surface area contributed by atoms with Crippen molar-refractivity contribution in [3.05, 3.63) is 95.6 Å². The number of hydrogen-bond acceptors (Lipinski definition) is 5. The average molecular weight is 572 g/mol. The molecule has 0 radical (unpaired) electrons. The van der Waals surface area contributed by atoms with Gasteiger partial charge in [0.2, 0.25) is 0 Å². The number of rotatable bonds is 9. The number of alkyl halides is 3. The number of ether oxygens (including phenoxy) is 1. The van der Waals surface area contributed by atoms with E-state index in [0.29, 0.717) is 11.1 Å². The molecule has 1 unspecified atom stereocenters. The smallest absolute Gasteiger partial charge is 0.406 e. The minimum absolute atomic E-state index is 0.0347. The summed E-state index contributed by atoms with van der Waals surface area (Å²) in [5.41, 5.74) is 1.37. The highest BCUT2D eigenvalue weighted by Crippen LogP contribution is 2.34. The van der Waals surface area contributed by atoms with Crippen LogP contribution in [0.25, 0.3) is 0 Å². The third kappa shape index (κ3) is 7.44. The van der Waals surface area contributed by atoms with Gasteiger partial charge in [0.15, 0.2) is 0 Å². The lowest BCUT2D eigenvalue weighted by Gasteiger charge is -2.44. The van der Waals surface area contributed by atoms with Crippen LogP contribution < -0.4 is 9.46 Å². The van der Waals surface area contributed by atoms with Gasteiger partial charge in [-0.1, -0.05) is 24.3 Å². The SMILES string of the molecule is O=S(=O)(Nc1ccc(OC(F)(F)F)cc1)N1CCN(CCO)C(C(c2ccc(F)cc2)c2ccc(F)cc2)C1. The summed E-state index contributed by atoms with van der Waals surface area (Å²) in [4.78, 5) is 1.92. The molecule has 7 nitrogen and oxygen atoms in total. The minimum atomic E-state index is -4.88. The van der Waals surface area contributed by atoms with Crippen LogP contribution >= 0.6 is 0 Å². The van der Waals surface area contributed by atoms with Crippen molar-refractivity contribution in [3.63, 3.8) is 0 Å². The number of aliphatic hydroxyl groups excluding tert-OH is 1. The van der Waals surface area contributed by atoms with Gasteiger partial charge >= 0.3 is 16.6 Å². The summed E-state index contributed by atoms with van der Waals surface area (Å²) in [6, 6.07) is 15.2. The Morgan fingerprint density at radius 2 is 1.44 bits per heavy atom. The van der Waals surface area contributed by atoms with Crippen molar-refractivity contribution >= 4 is 15.9 Å². The summed E-state index contributed by atoms with van der Waals surface area (Å²) in [5.74, 6) is -1.90. The van der Waals surface area contributed by atoms with Crippen LogP contribution in [-0.2, 0) is 10.2 Å². The number of halogens is 5. The van der Waals surface area contributed by atoms with Gasteiger partial charge in [-0.05, 0) is 59.7 Å². The Kier molecular flexibility index (Phi) is 8.74. The van der Waals surface area contributed by atoms with Crippen molar-refractivity contribution in [1.29, 1.82) is 0 Å². The van der Waals surface area contributed by atoms with E-state index in [0.717, 1.165) is 24.3 Å². The topological polar surface area (TPSA) is 82.1 Å². The molecule has 4 rings (SSSR count). The minimum Gasteiger partial charge on any atom is -0.406 e. The van der Waals surface area contributed by atoms with Crippen molar-refractivity contribution in [2.45, 2.75) is 18.3 Å². The van der Waals surface area contributed by atoms with Crippen LogP contribution in [0.1, 0.15) is 17.0 Å². The molecule has 2 N–H and O–H groups in total. The molecule has 3 aromatic rings. The average Bonchev–Trinajstić information content (AvgIpc) is 2.87. The van der Waals surface area contributed by atoms with E-state index in [1.807, 2.05) is 4.90 Å². The maximum atomic E-state index is 13.7. The summed E-state index contributed by atoms with van der Waals surface area (Å²) in [6.07, 6.45) is -4.88. The largest absolute Gasteiger partial charge is 0.573 e. The highest BCUT2D eigenvalue weighted by molar-refractivity contribution is 7.90. The molecule has 1 heterocycles. The second kappa shape index (κ2) is 11.9. The van der Waals surface area contributed by atoms with Gasteiger partial charge in [0.05, 0.1) is 12.3 Å². The summed E-state index contributed by atoms with van der Waals surface area (Å²) in [5, 5.41) is 9.68. The Morgan fingerprint density at radius 3 is 1.92 bits per heavy atom. The van der Waals surface area contributed by atoms with Crippen LogP contribution in [0.15, 0.2) is 72.8 Å². The van der Waals surface area contributed by atoms with E-state index in [4.69, 9.17) is 0 Å². The fourth-order valence-electron chi connectivity index (χ4n) is 4.68. The fourth-order valence-corrected chi connectivity index (χ4v) is 5.91. The molecule has 0 aromatic heterocycles. The number of β-amino-alcohol motifs (C(OH)–C–C–N with tert-alkyl or cyclic N) is 1. The van der Waals surface area contributed by atoms with Crippen LogP contribution in [0.2, 0.25) is 0 Å². The number of piperazine rings is 1. The van der Waals surface area contributed by atoms with Gasteiger partial charge < -0.3 is 9.84 Å². The lowest BCUT2D eigenvalue weighted by atomic mass is 9.83. The zero-order valence-electron chi connectivity index (χ0n) is 20.5. The number of nitrogens with one attached hydrogen (secondary N) is 1. The van der Waals surface area contributed by atoms with Crippen LogP contribution in [0.3, 0.4) is 0 Å². The predicted molar refractivity (Wildman–Crippen MR) is 134 cm³/mol. The molecular formula is C26H26F5N3O4S. The van der Waals surface area contributed by atoms with Crippen molar-refractivity contribution in [3.8, 4) is 5.75 Å². The van der Waals surface area contributed by atoms with E-state index in [9.17, 15) is 35.5 Å². The summed E-state index contributed by atoms with van der Waals surface area (Å²) in [6.45, 7) is 0.340. The summed E-state index contributed by atoms with van der Waals surface area (Å²) < 4.78 is 98.7. The lowest BCUT2D eigenvalue weighted by molar-refractivity contribution is -0.274. The van der Waals surface area contributed by atoms with Crippen molar-refractivity contribution in [2.24, 2.45) is 0 Å². The highest BCUT2D eigenvalue weighted by atomic mass is 32.2. The number of hydrogen-bond donors (Lipinski definition) is 2. The number of benzene rings is 3. The summed E-state index contributed by atoms with van der Waals surface area (Å²) >= 11 is 0. The fraction of sp³-hybridized carbons (Fsp3) is 0.308. The number of anilines is 1. The van der Waals surface area contributed by atoms with Crippen molar-refractivity contribution in [2.75, 3.05) is 37.5 Å². The molecule has 1 atom stereocenters. The molecular weight excluding hydrogens is 545 g/mol. The van der Waals surface area contributed by atoms with Crippen LogP contribution in [-0.4, -0.2) is 67.9 Å². The van der Waals surface area contributed by atoms with Gasteiger partial charge in [-0.15, -0.1) is 13.2 Å². The van der Waals surface area contributed by atoms with Crippen molar-refractivity contribution in [1.82, 2.24) is 9.21 Å². The standard InChI is InChI=1S/C26H26F5N3O4S/c27-20-5-1-18(2-6-20)25(19-3-7-21(28)8-4-19)24-17-34(14-13-33(24)15-16-35)39(36,37)32-22-9-11-23(12-10-22)38-26(29,30)31/h1-12,24-25,32,35H,13-17H2. The Balaban J connectivity index is 1.62. The molecule has 0 saturated carbocycles. The van der Waals surface area contributed by atoms with Crippen LogP contribution in [0, 0.1) is 11.6 Å². The molecule has 3 aromatic carbocycles. The quantitative estimate of drug-likeness (QED) is 0.374. The zero-order valence-corrected chi connectivity index (χ0v) is 21.3. The van der Waals surface area contributed by atoms with E-state index in [-0.39, 0.29) is 38.5 Å². The molecule has 0 spiro atoms. The highest BCUT2D eigenvalue weighted by Gasteiger charge is 2.39. The van der Waals surface area contributed by atoms with E-state index in [1.165, 1.54) is 28.6 Å². The third-order valence-electron chi connectivity index (χ3n) is 6.40. The van der Waals surface area contributed by atoms with E-state index < -0.39 is 45.9 Å². The first-order valence-electron chi connectivity index (χ1n) is 11.9. The Morgan fingerprint density at radius 1 is 0.897 bits per heavy atom. The summed E-state index contributed by atoms with van der Waals surface area (Å²) in [7, 11) is -4.16. The first-order valence-corrected chi connectivity index (χ1v) is 13.4. The van der Waals surface area contributed by atoms with Gasteiger partial charge in [0.1, 0.15) is 17.4 Å². The third-order valence-corrected chi connectivity index (χ3v) is 7.91. The van der Waals surface area contributed by atoms with E-state index in [2.05, 4.69) is 9.46 Å². The lowest BCUT2D eigenvalue weighted by Crippen LogP contribution is -2.58. The molecule has 39 heavy (non-hydrogen) atoms. The van der Waals surface area contributed by atoms with Gasteiger partial charge in [0, 0.05) is 38.1 Å². The maximum Gasteiger partial charge on any atom is 0.573 e. The molecule has 0 amide bonds. The Hall–Kier alpha value is -3.26. The van der Waals surface area contributed by atoms with Gasteiger partial charge in [-0.2, -0.15) is 12.7 Å². The maximum absolute atomic E-state index is 13.7. The van der Waals surface area contributed by atoms with Gasteiger partial charge in [-0.3, -0.25) is 9.62 Å². The molecule has 1 aliphatic rings. The molecule has 210 valence electrons. The molecule has 1 saturated heterocycles. The second-order valence-electron chi connectivity index (χ2n) is 8.94. The molecule has 13 heteroatoms. The number of aliphatic hydroxyl groups is 1. The van der Waals surface area contributed by atoms with E-state index >= 15 is 0 Å². The first-order chi connectivity index (χ1) is 18.4. The predicted octanol–water partition coefficient (Wildman–Crippen LogP) is 4.33. The number of nitrogens with zero attached hydrogens (tertiary/aromatic N) is 2. The van der Waals surface area contributed by atoms with Crippen LogP contribution in [0.5, 0.6) is 5.75 Å². The van der Waals surface area contributed by atoms with Crippen LogP contribution in [0.4, 0.5) is 27.6 Å². The molecule has 0 bridgehead atoms. The zero-order chi connectivity index (χ0) is 28.2. The monoisotopic (exact) mass is 571 g/mol. The Labute approximate surface area is 222 Å². The normalized spacial score (nSPS) is 17.4. The molecule has 1 fully saturated rings. The van der Waals surface area contributed by atoms with E-state index in [1.54, 1.807) is 24.3 Å². The molecule has 0 aliphatic carbocycles. The van der Waals surface area contributed by atoms with Gasteiger partial charge in [0.25, 0.3) is 0 Å². The second-order valence-corrected chi connectivity index (χ2v) is 10.6. The Bertz CT molecular complexity index is 1290. The van der Waals surface area contributed by atoms with Crippen molar-refractivity contribution < 1.29 is 40.2 Å². The van der Waals surface area contributed by atoms with Gasteiger partial charge in [-0.25, -0.2) is 8.78 Å². The first kappa shape index (κ1) is 28.7. The molecule has 1 aliphatic heterocycles.